The normalized spacial score (nSPS) is 20.4. The van der Waals surface area contributed by atoms with Crippen LogP contribution in [0.2, 0.25) is 0 Å². The van der Waals surface area contributed by atoms with Crippen LogP contribution in [0.3, 0.4) is 0 Å². The Morgan fingerprint density at radius 1 is 1.00 bits per heavy atom. The molecule has 3 fully saturated rings. The van der Waals surface area contributed by atoms with E-state index in [1.165, 1.54) is 6.42 Å². The second-order valence-corrected chi connectivity index (χ2v) is 11.8. The van der Waals surface area contributed by atoms with Crippen LogP contribution in [-0.2, 0) is 11.8 Å². The zero-order valence-electron chi connectivity index (χ0n) is 24.5. The summed E-state index contributed by atoms with van der Waals surface area (Å²) in [5.74, 6) is 3.02. The van der Waals surface area contributed by atoms with Crippen molar-refractivity contribution in [1.29, 1.82) is 0 Å². The number of pyridine rings is 3. The van der Waals surface area contributed by atoms with Crippen molar-refractivity contribution >= 4 is 27.9 Å². The van der Waals surface area contributed by atoms with Gasteiger partial charge in [-0.25, -0.2) is 14.6 Å². The molecule has 2 bridgehead atoms. The third-order valence-corrected chi connectivity index (χ3v) is 9.27. The van der Waals surface area contributed by atoms with E-state index >= 15 is 0 Å². The Morgan fingerprint density at radius 3 is 2.64 bits per heavy atom. The lowest BCUT2D eigenvalue weighted by molar-refractivity contribution is 0.136. The number of likely N-dealkylation sites (tertiary alicyclic amines) is 1. The van der Waals surface area contributed by atoms with Crippen LogP contribution in [0.4, 0.5) is 5.95 Å². The molecule has 1 saturated carbocycles. The van der Waals surface area contributed by atoms with Crippen molar-refractivity contribution in [2.45, 2.75) is 44.2 Å². The van der Waals surface area contributed by atoms with E-state index in [9.17, 15) is 0 Å². The highest BCUT2D eigenvalue weighted by molar-refractivity contribution is 5.88. The van der Waals surface area contributed by atoms with Gasteiger partial charge in [0.25, 0.3) is 0 Å². The van der Waals surface area contributed by atoms with Gasteiger partial charge in [0.15, 0.2) is 5.82 Å². The third kappa shape index (κ3) is 3.98. The van der Waals surface area contributed by atoms with E-state index in [4.69, 9.17) is 29.5 Å². The molecule has 0 N–H and O–H groups in total. The first-order chi connectivity index (χ1) is 20.5. The summed E-state index contributed by atoms with van der Waals surface area (Å²) in [6.45, 7) is 5.85. The highest BCUT2D eigenvalue weighted by atomic mass is 16.5. The second kappa shape index (κ2) is 9.74. The number of piperazine rings is 1. The highest BCUT2D eigenvalue weighted by Gasteiger charge is 2.44. The molecule has 1 aliphatic carbocycles. The molecule has 216 valence electrons. The summed E-state index contributed by atoms with van der Waals surface area (Å²) in [6, 6.07) is 7.09. The summed E-state index contributed by atoms with van der Waals surface area (Å²) in [6.07, 6.45) is 8.88. The number of rotatable bonds is 8. The Balaban J connectivity index is 1.22. The zero-order valence-corrected chi connectivity index (χ0v) is 24.5. The molecule has 11 nitrogen and oxygen atoms in total. The monoisotopic (exact) mass is 565 g/mol. The van der Waals surface area contributed by atoms with E-state index in [0.29, 0.717) is 18.0 Å². The van der Waals surface area contributed by atoms with Gasteiger partial charge in [-0.1, -0.05) is 0 Å². The molecule has 7 heterocycles. The summed E-state index contributed by atoms with van der Waals surface area (Å²) < 4.78 is 15.2. The van der Waals surface area contributed by atoms with Crippen LogP contribution in [0.5, 0.6) is 5.75 Å². The third-order valence-electron chi connectivity index (χ3n) is 9.27. The van der Waals surface area contributed by atoms with Gasteiger partial charge in [0.1, 0.15) is 11.3 Å². The fourth-order valence-electron chi connectivity index (χ4n) is 6.92. The average Bonchev–Trinajstić information content (AvgIpc) is 3.30. The van der Waals surface area contributed by atoms with Crippen molar-refractivity contribution in [3.05, 3.63) is 48.2 Å². The van der Waals surface area contributed by atoms with E-state index in [1.807, 2.05) is 23.9 Å². The van der Waals surface area contributed by atoms with Crippen molar-refractivity contribution in [2.75, 3.05) is 45.4 Å². The van der Waals surface area contributed by atoms with Crippen molar-refractivity contribution in [2.24, 2.45) is 7.05 Å². The maximum absolute atomic E-state index is 5.61. The molecule has 2 atom stereocenters. The Hall–Kier alpha value is -4.09. The number of hydrogen-bond donors (Lipinski definition) is 0. The molecule has 2 saturated heterocycles. The fraction of sp³-hybridized carbons (Fsp3) is 0.452. The number of aromatic nitrogens is 7. The maximum Gasteiger partial charge on any atom is 0.206 e. The van der Waals surface area contributed by atoms with Crippen LogP contribution < -0.4 is 9.64 Å². The molecule has 11 heteroatoms. The first kappa shape index (κ1) is 25.6. The smallest absolute Gasteiger partial charge is 0.206 e. The number of nitrogens with zero attached hydrogens (tertiary/aromatic N) is 9. The molecule has 8 rings (SSSR count). The maximum atomic E-state index is 5.61. The van der Waals surface area contributed by atoms with Gasteiger partial charge in [-0.3, -0.25) is 14.9 Å². The van der Waals surface area contributed by atoms with Crippen molar-refractivity contribution in [1.82, 2.24) is 39.2 Å². The van der Waals surface area contributed by atoms with Gasteiger partial charge in [-0.05, 0) is 38.3 Å². The molecule has 0 aromatic carbocycles. The van der Waals surface area contributed by atoms with Crippen LogP contribution in [-0.4, -0.2) is 91.7 Å². The van der Waals surface area contributed by atoms with E-state index < -0.39 is 0 Å². The molecular weight excluding hydrogens is 530 g/mol. The Kier molecular flexibility index (Phi) is 5.94. The molecule has 42 heavy (non-hydrogen) atoms. The van der Waals surface area contributed by atoms with Crippen molar-refractivity contribution < 1.29 is 9.47 Å². The first-order valence-corrected chi connectivity index (χ1v) is 14.7. The number of aryl methyl sites for hydroxylation is 2. The molecule has 2 aliphatic heterocycles. The van der Waals surface area contributed by atoms with Crippen LogP contribution in [0, 0.1) is 6.92 Å². The van der Waals surface area contributed by atoms with Crippen molar-refractivity contribution in [3.8, 4) is 22.8 Å². The first-order valence-electron chi connectivity index (χ1n) is 14.7. The average molecular weight is 566 g/mol. The van der Waals surface area contributed by atoms with E-state index in [2.05, 4.69) is 38.5 Å². The lowest BCUT2D eigenvalue weighted by Gasteiger charge is -2.34. The van der Waals surface area contributed by atoms with Gasteiger partial charge in [0, 0.05) is 81.3 Å². The molecule has 5 aromatic heterocycles. The van der Waals surface area contributed by atoms with Crippen LogP contribution in [0.15, 0.2) is 36.8 Å². The van der Waals surface area contributed by atoms with Crippen LogP contribution in [0.1, 0.15) is 36.6 Å². The molecular formula is C31H35N9O2. The predicted molar refractivity (Wildman–Crippen MR) is 160 cm³/mol. The Bertz CT molecular complexity index is 1820. The largest absolute Gasteiger partial charge is 0.496 e. The van der Waals surface area contributed by atoms with Gasteiger partial charge in [0.2, 0.25) is 5.95 Å². The van der Waals surface area contributed by atoms with Crippen molar-refractivity contribution in [3.63, 3.8) is 0 Å². The Morgan fingerprint density at radius 2 is 1.88 bits per heavy atom. The number of methoxy groups -OCH3 is 2. The number of fused-ring (bicyclic) bond motifs is 4. The minimum absolute atomic E-state index is 0.440. The summed E-state index contributed by atoms with van der Waals surface area (Å²) in [7, 11) is 5.59. The molecule has 0 radical (unpaired) electrons. The van der Waals surface area contributed by atoms with Gasteiger partial charge in [0.05, 0.1) is 47.9 Å². The molecule has 0 spiro atoms. The molecule has 0 amide bonds. The fourth-order valence-corrected chi connectivity index (χ4v) is 6.92. The zero-order chi connectivity index (χ0) is 28.5. The molecule has 5 aromatic rings. The second-order valence-electron chi connectivity index (χ2n) is 11.8. The highest BCUT2D eigenvalue weighted by Crippen LogP contribution is 2.44. The van der Waals surface area contributed by atoms with Crippen LogP contribution >= 0.6 is 0 Å². The number of ether oxygens (including phenoxy) is 2. The topological polar surface area (TPSA) is 99.2 Å². The quantitative estimate of drug-likeness (QED) is 0.278. The van der Waals surface area contributed by atoms with Gasteiger partial charge >= 0.3 is 0 Å². The molecule has 0 unspecified atom stereocenters. The minimum Gasteiger partial charge on any atom is -0.496 e. The van der Waals surface area contributed by atoms with E-state index in [1.54, 1.807) is 26.6 Å². The number of imidazole rings is 1. The van der Waals surface area contributed by atoms with Gasteiger partial charge < -0.3 is 18.9 Å². The summed E-state index contributed by atoms with van der Waals surface area (Å²) in [5.41, 5.74) is 6.69. The van der Waals surface area contributed by atoms with E-state index in [-0.39, 0.29) is 0 Å². The summed E-state index contributed by atoms with van der Waals surface area (Å²) in [5, 5.41) is 5.81. The summed E-state index contributed by atoms with van der Waals surface area (Å²) in [4.78, 5) is 24.7. The van der Waals surface area contributed by atoms with E-state index in [0.717, 1.165) is 101 Å². The lowest BCUT2D eigenvalue weighted by atomic mass is 10.1. The minimum atomic E-state index is 0.440. The lowest BCUT2D eigenvalue weighted by Crippen LogP contribution is -2.48. The predicted octanol–water partition coefficient (Wildman–Crippen LogP) is 3.87. The SMILES string of the molecule is COCCN1C[C@@H]2C[C@H]1CN2c1nc2c(C3CC3)nc(-n3ncc4c(C)nc(-c5cnccc5OC)cc43)cc2n1C. The molecule has 3 aliphatic rings. The number of anilines is 1. The Labute approximate surface area is 244 Å². The summed E-state index contributed by atoms with van der Waals surface area (Å²) >= 11 is 0. The van der Waals surface area contributed by atoms with Crippen LogP contribution in [0.25, 0.3) is 39.0 Å². The number of hydrogen-bond acceptors (Lipinski definition) is 9. The van der Waals surface area contributed by atoms with Gasteiger partial charge in [-0.2, -0.15) is 5.10 Å². The van der Waals surface area contributed by atoms with Gasteiger partial charge in [-0.15, -0.1) is 0 Å². The standard InChI is InChI=1S/C31H35N9O2/c1-18-22-15-33-40(25(22)12-24(34-18)23-14-32-8-7-27(23)42-4)28-13-26-30(29(35-28)19-5-6-19)36-31(37(26)2)39-17-20-11-21(39)16-38(20)9-10-41-3/h7-8,12-15,19-21H,5-6,9-11,16-17H2,1-4H3/t20-,21-/m0/s1.